The van der Waals surface area contributed by atoms with E-state index < -0.39 is 48.3 Å². The second-order valence-electron chi connectivity index (χ2n) is 10.7. The summed E-state index contributed by atoms with van der Waals surface area (Å²) >= 11 is 0. The predicted octanol–water partition coefficient (Wildman–Crippen LogP) is 6.51. The van der Waals surface area contributed by atoms with Gasteiger partial charge in [0.25, 0.3) is 0 Å². The Kier molecular flexibility index (Phi) is 10.9. The fraction of sp³-hybridized carbons (Fsp3) is 0.105. The summed E-state index contributed by atoms with van der Waals surface area (Å²) in [5.41, 5.74) is -1.35. The average Bonchev–Trinajstić information content (AvgIpc) is 3.12. The number of hydrogen-bond donors (Lipinski definition) is 4. The zero-order valence-corrected chi connectivity index (χ0v) is 26.1. The van der Waals surface area contributed by atoms with Crippen LogP contribution in [0.3, 0.4) is 0 Å². The predicted molar refractivity (Wildman–Crippen MR) is 176 cm³/mol. The molecule has 0 aromatic heterocycles. The van der Waals surface area contributed by atoms with Crippen LogP contribution in [0.5, 0.6) is 23.0 Å². The molecule has 0 radical (unpaired) electrons. The van der Waals surface area contributed by atoms with E-state index in [0.29, 0.717) is 0 Å². The van der Waals surface area contributed by atoms with E-state index in [2.05, 4.69) is 0 Å². The maximum atomic E-state index is 12.9. The SMILES string of the molecule is O=C(O)C(Oc1ccccc1)c1cc(C(Oc2ccccc2)C(=O)O)c(C(Oc2ccccc2)C(=O)O)cc1C(Oc1ccccc1)C(=O)O. The summed E-state index contributed by atoms with van der Waals surface area (Å²) in [6.07, 6.45) is -7.76. The van der Waals surface area contributed by atoms with Crippen molar-refractivity contribution in [2.45, 2.75) is 24.4 Å². The number of hydrogen-bond acceptors (Lipinski definition) is 8. The molecule has 0 heterocycles. The van der Waals surface area contributed by atoms with Crippen molar-refractivity contribution in [2.24, 2.45) is 0 Å². The van der Waals surface area contributed by atoms with Crippen LogP contribution in [-0.4, -0.2) is 44.3 Å². The lowest BCUT2D eigenvalue weighted by Crippen LogP contribution is -2.29. The zero-order valence-electron chi connectivity index (χ0n) is 26.1. The number of para-hydroxylation sites is 4. The minimum absolute atomic E-state index is 0.0958. The van der Waals surface area contributed by atoms with Gasteiger partial charge in [-0.25, -0.2) is 19.2 Å². The molecule has 12 nitrogen and oxygen atoms in total. The maximum absolute atomic E-state index is 12.9. The highest BCUT2D eigenvalue weighted by Gasteiger charge is 2.39. The third-order valence-corrected chi connectivity index (χ3v) is 7.30. The summed E-state index contributed by atoms with van der Waals surface area (Å²) in [5.74, 6) is -5.88. The van der Waals surface area contributed by atoms with Crippen LogP contribution >= 0.6 is 0 Å². The van der Waals surface area contributed by atoms with Gasteiger partial charge in [-0.05, 0) is 60.7 Å². The maximum Gasteiger partial charge on any atom is 0.349 e. The molecule has 0 saturated heterocycles. The number of ether oxygens (including phenoxy) is 4. The molecule has 0 saturated carbocycles. The summed E-state index contributed by atoms with van der Waals surface area (Å²) < 4.78 is 23.4. The van der Waals surface area contributed by atoms with E-state index in [-0.39, 0.29) is 45.3 Å². The van der Waals surface area contributed by atoms with Crippen LogP contribution in [0, 0.1) is 0 Å². The Balaban J connectivity index is 1.82. The molecule has 254 valence electrons. The van der Waals surface area contributed by atoms with Crippen molar-refractivity contribution < 1.29 is 58.6 Å². The molecule has 0 bridgehead atoms. The largest absolute Gasteiger partial charge is 0.478 e. The molecule has 0 amide bonds. The molecule has 5 aromatic carbocycles. The first-order valence-electron chi connectivity index (χ1n) is 15.1. The molecule has 0 fully saturated rings. The monoisotopic (exact) mass is 678 g/mol. The lowest BCUT2D eigenvalue weighted by molar-refractivity contribution is -0.148. The molecule has 5 aromatic rings. The van der Waals surface area contributed by atoms with Gasteiger partial charge in [0.2, 0.25) is 24.4 Å². The topological polar surface area (TPSA) is 186 Å². The van der Waals surface area contributed by atoms with Gasteiger partial charge < -0.3 is 39.4 Å². The van der Waals surface area contributed by atoms with E-state index in [9.17, 15) is 39.6 Å². The van der Waals surface area contributed by atoms with Crippen LogP contribution in [0.1, 0.15) is 46.7 Å². The normalized spacial score (nSPS) is 13.1. The van der Waals surface area contributed by atoms with Crippen molar-refractivity contribution in [1.29, 1.82) is 0 Å². The number of benzene rings is 5. The molecule has 0 aliphatic carbocycles. The van der Waals surface area contributed by atoms with Gasteiger partial charge in [0.15, 0.2) is 0 Å². The van der Waals surface area contributed by atoms with Crippen molar-refractivity contribution in [3.8, 4) is 23.0 Å². The Morgan fingerprint density at radius 3 is 0.680 bits per heavy atom. The first-order chi connectivity index (χ1) is 24.1. The van der Waals surface area contributed by atoms with E-state index in [1.807, 2.05) is 0 Å². The Morgan fingerprint density at radius 1 is 0.340 bits per heavy atom. The van der Waals surface area contributed by atoms with Crippen molar-refractivity contribution >= 4 is 23.9 Å². The lowest BCUT2D eigenvalue weighted by atomic mass is 9.87. The number of rotatable bonds is 16. The standard InChI is InChI=1S/C38H30O12/c39-35(40)31(47-23-13-5-1-6-14-23)27-21-29(33(37(43)44)49-25-17-9-3-10-18-25)30(34(38(45)46)50-26-19-11-4-12-20-26)22-28(27)32(36(41)42)48-24-15-7-2-8-16-24/h1-22,31-34H,(H,39,40)(H,41,42)(H,43,44)(H,45,46). The van der Waals surface area contributed by atoms with Crippen molar-refractivity contribution in [2.75, 3.05) is 0 Å². The summed E-state index contributed by atoms with van der Waals surface area (Å²) in [6, 6.07) is 33.4. The van der Waals surface area contributed by atoms with Gasteiger partial charge in [0.1, 0.15) is 23.0 Å². The minimum Gasteiger partial charge on any atom is -0.478 e. The molecular weight excluding hydrogens is 648 g/mol. The fourth-order valence-corrected chi connectivity index (χ4v) is 5.10. The second kappa shape index (κ2) is 15.8. The van der Waals surface area contributed by atoms with E-state index in [4.69, 9.17) is 18.9 Å². The molecule has 0 spiro atoms. The smallest absolute Gasteiger partial charge is 0.349 e. The van der Waals surface area contributed by atoms with E-state index in [0.717, 1.165) is 12.1 Å². The van der Waals surface area contributed by atoms with Crippen LogP contribution in [0.15, 0.2) is 133 Å². The van der Waals surface area contributed by atoms with Gasteiger partial charge in [-0.3, -0.25) is 0 Å². The number of aliphatic carboxylic acids is 4. The van der Waals surface area contributed by atoms with Gasteiger partial charge in [-0.15, -0.1) is 0 Å². The Bertz CT molecular complexity index is 1650. The van der Waals surface area contributed by atoms with Gasteiger partial charge in [-0.1, -0.05) is 72.8 Å². The zero-order chi connectivity index (χ0) is 35.6. The van der Waals surface area contributed by atoms with Crippen LogP contribution in [0.25, 0.3) is 0 Å². The Hall–Kier alpha value is -6.82. The first-order valence-corrected chi connectivity index (χ1v) is 15.1. The summed E-state index contributed by atoms with van der Waals surface area (Å²) in [6.45, 7) is 0. The highest BCUT2D eigenvalue weighted by molar-refractivity contribution is 5.83. The summed E-state index contributed by atoms with van der Waals surface area (Å²) in [7, 11) is 0. The van der Waals surface area contributed by atoms with E-state index in [1.165, 1.54) is 48.5 Å². The van der Waals surface area contributed by atoms with Gasteiger partial charge in [-0.2, -0.15) is 0 Å². The lowest BCUT2D eigenvalue weighted by Gasteiger charge is -2.28. The molecule has 4 atom stereocenters. The van der Waals surface area contributed by atoms with Crippen LogP contribution in [0.4, 0.5) is 0 Å². The summed E-state index contributed by atoms with van der Waals surface area (Å²) in [4.78, 5) is 51.6. The molecule has 5 rings (SSSR count). The average molecular weight is 679 g/mol. The highest BCUT2D eigenvalue weighted by Crippen LogP contribution is 2.39. The molecule has 12 heteroatoms. The van der Waals surface area contributed by atoms with E-state index in [1.54, 1.807) is 72.8 Å². The minimum atomic E-state index is -1.94. The third-order valence-electron chi connectivity index (χ3n) is 7.30. The van der Waals surface area contributed by atoms with Crippen LogP contribution in [-0.2, 0) is 19.2 Å². The van der Waals surface area contributed by atoms with Gasteiger partial charge in [0, 0.05) is 22.3 Å². The van der Waals surface area contributed by atoms with Crippen molar-refractivity contribution in [1.82, 2.24) is 0 Å². The quantitative estimate of drug-likeness (QED) is 0.0888. The molecule has 4 unspecified atom stereocenters. The Morgan fingerprint density at radius 2 is 0.520 bits per heavy atom. The number of carbonyl (C=O) groups is 4. The number of carboxylic acids is 4. The second-order valence-corrected chi connectivity index (χ2v) is 10.7. The molecular formula is C38H30O12. The van der Waals surface area contributed by atoms with E-state index >= 15 is 0 Å². The summed E-state index contributed by atoms with van der Waals surface area (Å²) in [5, 5.41) is 41.9. The van der Waals surface area contributed by atoms with Crippen LogP contribution < -0.4 is 18.9 Å². The molecule has 0 aliphatic rings. The van der Waals surface area contributed by atoms with Gasteiger partial charge in [0.05, 0.1) is 0 Å². The molecule has 4 N–H and O–H groups in total. The molecule has 50 heavy (non-hydrogen) atoms. The van der Waals surface area contributed by atoms with Crippen LogP contribution in [0.2, 0.25) is 0 Å². The van der Waals surface area contributed by atoms with Gasteiger partial charge >= 0.3 is 23.9 Å². The third kappa shape index (κ3) is 8.36. The molecule has 0 aliphatic heterocycles. The van der Waals surface area contributed by atoms with Crippen molar-refractivity contribution in [3.63, 3.8) is 0 Å². The highest BCUT2D eigenvalue weighted by atomic mass is 16.5. The fourth-order valence-electron chi connectivity index (χ4n) is 5.10. The first kappa shape index (κ1) is 34.5. The Labute approximate surface area is 285 Å². The number of carboxylic acid groups (broad SMARTS) is 4. The van der Waals surface area contributed by atoms with Crippen molar-refractivity contribution in [3.05, 3.63) is 156 Å².